The first kappa shape index (κ1) is 14.7. The highest BCUT2D eigenvalue weighted by atomic mass is 35.5. The molecule has 0 N–H and O–H groups in total. The van der Waals surface area contributed by atoms with Crippen molar-refractivity contribution in [3.63, 3.8) is 0 Å². The van der Waals surface area contributed by atoms with Gasteiger partial charge in [0, 0.05) is 11.1 Å². The molecule has 20 heavy (non-hydrogen) atoms. The minimum absolute atomic E-state index is 0.0349. The third-order valence-corrected chi connectivity index (χ3v) is 3.33. The van der Waals surface area contributed by atoms with Crippen molar-refractivity contribution in [3.8, 4) is 0 Å². The Morgan fingerprint density at radius 3 is 2.25 bits per heavy atom. The van der Waals surface area contributed by atoms with Crippen LogP contribution in [0.1, 0.15) is 35.3 Å². The molecule has 0 aliphatic heterocycles. The first-order chi connectivity index (χ1) is 9.47. The summed E-state index contributed by atoms with van der Waals surface area (Å²) in [7, 11) is 0. The molecular weight excluding hydrogens is 275 g/mol. The van der Waals surface area contributed by atoms with Crippen molar-refractivity contribution in [3.05, 3.63) is 70.0 Å². The highest BCUT2D eigenvalue weighted by molar-refractivity contribution is 6.31. The van der Waals surface area contributed by atoms with E-state index < -0.39 is 5.82 Å². The molecule has 0 aliphatic carbocycles. The molecule has 0 bridgehead atoms. The van der Waals surface area contributed by atoms with E-state index in [0.29, 0.717) is 17.0 Å². The zero-order valence-electron chi connectivity index (χ0n) is 11.5. The van der Waals surface area contributed by atoms with Crippen LogP contribution >= 0.6 is 11.6 Å². The highest BCUT2D eigenvalue weighted by Gasteiger charge is 2.11. The second kappa shape index (κ2) is 6.19. The first-order valence-electron chi connectivity index (χ1n) is 6.56. The molecule has 2 aromatic carbocycles. The van der Waals surface area contributed by atoms with Gasteiger partial charge in [0.05, 0.1) is 5.02 Å². The second-order valence-corrected chi connectivity index (χ2v) is 5.66. The van der Waals surface area contributed by atoms with Gasteiger partial charge in [0.1, 0.15) is 5.82 Å². The topological polar surface area (TPSA) is 17.1 Å². The van der Waals surface area contributed by atoms with Gasteiger partial charge in [-0.25, -0.2) is 4.39 Å². The molecule has 0 unspecified atom stereocenters. The number of halogens is 2. The lowest BCUT2D eigenvalue weighted by Crippen LogP contribution is -2.02. The van der Waals surface area contributed by atoms with E-state index in [1.165, 1.54) is 23.8 Å². The van der Waals surface area contributed by atoms with E-state index in [1.807, 2.05) is 12.1 Å². The number of rotatable bonds is 4. The lowest BCUT2D eigenvalue weighted by atomic mass is 9.98. The van der Waals surface area contributed by atoms with Gasteiger partial charge in [-0.15, -0.1) is 0 Å². The summed E-state index contributed by atoms with van der Waals surface area (Å²) < 4.78 is 13.1. The second-order valence-electron chi connectivity index (χ2n) is 5.25. The Balaban J connectivity index is 2.22. The molecule has 0 aromatic heterocycles. The van der Waals surface area contributed by atoms with E-state index in [9.17, 15) is 9.18 Å². The van der Waals surface area contributed by atoms with Crippen LogP contribution in [0.15, 0.2) is 42.5 Å². The van der Waals surface area contributed by atoms with Gasteiger partial charge >= 0.3 is 0 Å². The summed E-state index contributed by atoms with van der Waals surface area (Å²) in [5, 5.41) is -0.0349. The Hall–Kier alpha value is -1.67. The zero-order chi connectivity index (χ0) is 14.7. The van der Waals surface area contributed by atoms with Gasteiger partial charge in [0.15, 0.2) is 5.78 Å². The average molecular weight is 291 g/mol. The van der Waals surface area contributed by atoms with Gasteiger partial charge in [-0.05, 0) is 36.1 Å². The molecule has 0 amide bonds. The van der Waals surface area contributed by atoms with Gasteiger partial charge < -0.3 is 0 Å². The molecule has 2 rings (SSSR count). The normalized spacial score (nSPS) is 10.8. The van der Waals surface area contributed by atoms with E-state index in [4.69, 9.17) is 11.6 Å². The fourth-order valence-corrected chi connectivity index (χ4v) is 2.25. The maximum Gasteiger partial charge on any atom is 0.193 e. The molecule has 3 heteroatoms. The van der Waals surface area contributed by atoms with Crippen LogP contribution in [0, 0.1) is 11.7 Å². The van der Waals surface area contributed by atoms with Crippen molar-refractivity contribution in [1.29, 1.82) is 0 Å². The number of carbonyl (C=O) groups excluding carboxylic acids is 1. The summed E-state index contributed by atoms with van der Waals surface area (Å²) in [6, 6.07) is 11.5. The molecule has 0 saturated heterocycles. The van der Waals surface area contributed by atoms with Crippen LogP contribution < -0.4 is 0 Å². The molecule has 0 fully saturated rings. The van der Waals surface area contributed by atoms with Crippen LogP contribution in [0.25, 0.3) is 0 Å². The highest BCUT2D eigenvalue weighted by Crippen LogP contribution is 2.19. The van der Waals surface area contributed by atoms with E-state index in [0.717, 1.165) is 6.42 Å². The maximum absolute atomic E-state index is 13.1. The summed E-state index contributed by atoms with van der Waals surface area (Å²) >= 11 is 5.70. The molecule has 2 aromatic rings. The van der Waals surface area contributed by atoms with Crippen LogP contribution in [-0.2, 0) is 6.42 Å². The lowest BCUT2D eigenvalue weighted by molar-refractivity contribution is 0.103. The molecule has 0 radical (unpaired) electrons. The largest absolute Gasteiger partial charge is 0.289 e. The Morgan fingerprint density at radius 2 is 1.70 bits per heavy atom. The van der Waals surface area contributed by atoms with Crippen molar-refractivity contribution >= 4 is 17.4 Å². The van der Waals surface area contributed by atoms with Crippen molar-refractivity contribution in [2.24, 2.45) is 5.92 Å². The van der Waals surface area contributed by atoms with Crippen LogP contribution in [0.2, 0.25) is 5.02 Å². The van der Waals surface area contributed by atoms with Crippen LogP contribution in [-0.4, -0.2) is 5.78 Å². The predicted molar refractivity (Wildman–Crippen MR) is 79.8 cm³/mol. The number of benzene rings is 2. The quantitative estimate of drug-likeness (QED) is 0.731. The zero-order valence-corrected chi connectivity index (χ0v) is 12.2. The standard InChI is InChI=1S/C17H16ClFO/c1-11(2)9-12-3-5-13(6-4-12)17(20)14-7-8-16(19)15(18)10-14/h3-8,10-11H,9H2,1-2H3. The molecule has 0 atom stereocenters. The van der Waals surface area contributed by atoms with Crippen LogP contribution in [0.5, 0.6) is 0 Å². The molecule has 0 spiro atoms. The molecule has 1 nitrogen and oxygen atoms in total. The third-order valence-electron chi connectivity index (χ3n) is 3.04. The monoisotopic (exact) mass is 290 g/mol. The third kappa shape index (κ3) is 3.45. The lowest BCUT2D eigenvalue weighted by Gasteiger charge is -2.06. The molecule has 104 valence electrons. The van der Waals surface area contributed by atoms with E-state index in [2.05, 4.69) is 13.8 Å². The number of hydrogen-bond donors (Lipinski definition) is 0. The Morgan fingerprint density at radius 1 is 1.10 bits per heavy atom. The Labute approximate surface area is 123 Å². The van der Waals surface area contributed by atoms with Crippen molar-refractivity contribution in [1.82, 2.24) is 0 Å². The Kier molecular flexibility index (Phi) is 4.56. The van der Waals surface area contributed by atoms with Crippen molar-refractivity contribution < 1.29 is 9.18 Å². The molecule has 0 aliphatic rings. The van der Waals surface area contributed by atoms with Crippen LogP contribution in [0.3, 0.4) is 0 Å². The minimum atomic E-state index is -0.518. The smallest absolute Gasteiger partial charge is 0.193 e. The fourth-order valence-electron chi connectivity index (χ4n) is 2.07. The Bertz CT molecular complexity index is 617. The summed E-state index contributed by atoms with van der Waals surface area (Å²) in [6.07, 6.45) is 0.983. The van der Waals surface area contributed by atoms with E-state index >= 15 is 0 Å². The first-order valence-corrected chi connectivity index (χ1v) is 6.94. The summed E-state index contributed by atoms with van der Waals surface area (Å²) in [5.74, 6) is -0.0917. The number of carbonyl (C=O) groups is 1. The fraction of sp³-hybridized carbons (Fsp3) is 0.235. The van der Waals surface area contributed by atoms with E-state index in [-0.39, 0.29) is 10.8 Å². The molecule has 0 saturated carbocycles. The minimum Gasteiger partial charge on any atom is -0.289 e. The van der Waals surface area contributed by atoms with Gasteiger partial charge in [-0.1, -0.05) is 49.7 Å². The van der Waals surface area contributed by atoms with E-state index in [1.54, 1.807) is 12.1 Å². The van der Waals surface area contributed by atoms with Crippen LogP contribution in [0.4, 0.5) is 4.39 Å². The molecule has 0 heterocycles. The van der Waals surface area contributed by atoms with Gasteiger partial charge in [0.25, 0.3) is 0 Å². The van der Waals surface area contributed by atoms with Gasteiger partial charge in [0.2, 0.25) is 0 Å². The van der Waals surface area contributed by atoms with Crippen molar-refractivity contribution in [2.45, 2.75) is 20.3 Å². The molecular formula is C17H16ClFO. The SMILES string of the molecule is CC(C)Cc1ccc(C(=O)c2ccc(F)c(Cl)c2)cc1. The summed E-state index contributed by atoms with van der Waals surface area (Å²) in [6.45, 7) is 4.30. The summed E-state index contributed by atoms with van der Waals surface area (Å²) in [4.78, 5) is 12.3. The maximum atomic E-state index is 13.1. The summed E-state index contributed by atoms with van der Waals surface area (Å²) in [5.41, 5.74) is 2.18. The number of hydrogen-bond acceptors (Lipinski definition) is 1. The predicted octanol–water partition coefficient (Wildman–Crippen LogP) is 4.91. The van der Waals surface area contributed by atoms with Crippen molar-refractivity contribution in [2.75, 3.05) is 0 Å². The average Bonchev–Trinajstić information content (AvgIpc) is 2.41. The van der Waals surface area contributed by atoms with Gasteiger partial charge in [-0.3, -0.25) is 4.79 Å². The number of ketones is 1. The van der Waals surface area contributed by atoms with Gasteiger partial charge in [-0.2, -0.15) is 0 Å².